The van der Waals surface area contributed by atoms with Crippen LogP contribution in [-0.2, 0) is 51.7 Å². The number of hydrogen-bond donors (Lipinski definition) is 2. The van der Waals surface area contributed by atoms with E-state index >= 15 is 0 Å². The second-order valence-corrected chi connectivity index (χ2v) is 8.28. The minimum atomic E-state index is -0.421. The minimum absolute atomic E-state index is 0. The molecule has 7 heteroatoms. The largest absolute Gasteiger partial charge is 0.394 e. The topological polar surface area (TPSA) is 77.0 Å². The Labute approximate surface area is 189 Å². The number of aliphatic hydroxyl groups excluding tert-OH is 1. The second kappa shape index (κ2) is 11.0. The van der Waals surface area contributed by atoms with Gasteiger partial charge in [-0.05, 0) is 25.2 Å². The van der Waals surface area contributed by atoms with E-state index in [1.807, 2.05) is 13.8 Å². The van der Waals surface area contributed by atoms with E-state index in [9.17, 15) is 9.90 Å². The van der Waals surface area contributed by atoms with E-state index < -0.39 is 6.10 Å². The summed E-state index contributed by atoms with van der Waals surface area (Å²) in [6.07, 6.45) is -0.151. The molecular weight excluding hydrogens is 423 g/mol. The summed E-state index contributed by atoms with van der Waals surface area (Å²) in [4.78, 5) is 11.6. The van der Waals surface area contributed by atoms with Gasteiger partial charge in [-0.15, -0.1) is 0 Å². The third-order valence-corrected chi connectivity index (χ3v) is 6.57. The van der Waals surface area contributed by atoms with Crippen molar-refractivity contribution in [3.05, 3.63) is 0 Å². The van der Waals surface area contributed by atoms with Crippen LogP contribution in [0.5, 0.6) is 0 Å². The summed E-state index contributed by atoms with van der Waals surface area (Å²) in [5, 5.41) is 12.8. The van der Waals surface area contributed by atoms with E-state index in [4.69, 9.17) is 14.2 Å². The average Bonchev–Trinajstić information content (AvgIpc) is 2.60. The molecule has 4 unspecified atom stereocenters. The van der Waals surface area contributed by atoms with Gasteiger partial charge in [-0.3, -0.25) is 4.79 Å². The molecule has 0 aliphatic carbocycles. The van der Waals surface area contributed by atoms with Crippen LogP contribution in [0.4, 0.5) is 0 Å². The summed E-state index contributed by atoms with van der Waals surface area (Å²) in [5.74, 6) is 1.13. The first-order valence-corrected chi connectivity index (χ1v) is 10.1. The van der Waals surface area contributed by atoms with Crippen LogP contribution in [0.2, 0.25) is 0 Å². The number of aliphatic hydroxyl groups is 1. The van der Waals surface area contributed by atoms with Gasteiger partial charge >= 0.3 is 0 Å². The summed E-state index contributed by atoms with van der Waals surface area (Å²) in [7, 11) is 0. The molecule has 0 aromatic carbocycles. The molecule has 1 radical (unpaired) electrons. The predicted molar refractivity (Wildman–Crippen MR) is 99.5 cm³/mol. The Morgan fingerprint density at radius 2 is 1.63 bits per heavy atom. The van der Waals surface area contributed by atoms with Gasteiger partial charge in [0, 0.05) is 51.5 Å². The average molecular weight is 460 g/mol. The second-order valence-electron chi connectivity index (χ2n) is 8.28. The molecule has 1 amide bonds. The molecule has 2 aliphatic heterocycles. The fourth-order valence-electron chi connectivity index (χ4n) is 4.51. The van der Waals surface area contributed by atoms with Crippen molar-refractivity contribution in [3.8, 4) is 0 Å². The molecule has 2 rings (SSSR count). The maximum atomic E-state index is 11.6. The van der Waals surface area contributed by atoms with Gasteiger partial charge in [0.25, 0.3) is 0 Å². The van der Waals surface area contributed by atoms with Gasteiger partial charge in [-0.2, -0.15) is 0 Å². The van der Waals surface area contributed by atoms with E-state index in [0.29, 0.717) is 11.8 Å². The van der Waals surface area contributed by atoms with E-state index in [2.05, 4.69) is 33.0 Å². The molecule has 2 fully saturated rings. The van der Waals surface area contributed by atoms with Crippen molar-refractivity contribution in [1.82, 2.24) is 5.32 Å². The first-order chi connectivity index (χ1) is 12.2. The normalized spacial score (nSPS) is 45.0. The molecule has 0 aromatic heterocycles. The van der Waals surface area contributed by atoms with Crippen molar-refractivity contribution >= 4 is 5.91 Å². The van der Waals surface area contributed by atoms with Crippen LogP contribution < -0.4 is 5.32 Å². The zero-order chi connectivity index (χ0) is 19.6. The van der Waals surface area contributed by atoms with Crippen LogP contribution in [0.1, 0.15) is 54.9 Å². The third-order valence-electron chi connectivity index (χ3n) is 6.57. The van der Waals surface area contributed by atoms with E-state index in [-0.39, 0.29) is 87.7 Å². The number of rotatable bonds is 5. The van der Waals surface area contributed by atoms with Crippen LogP contribution in [0.25, 0.3) is 0 Å². The number of nitrogens with one attached hydrogen (secondary N) is 1. The van der Waals surface area contributed by atoms with Gasteiger partial charge in [0.1, 0.15) is 6.10 Å². The maximum absolute atomic E-state index is 11.6. The Morgan fingerprint density at radius 3 is 2.15 bits per heavy atom. The molecule has 155 valence electrons. The Hall–Kier alpha value is 0.414. The van der Waals surface area contributed by atoms with Crippen molar-refractivity contribution in [3.63, 3.8) is 0 Å². The standard InChI is InChI=1S/C20H37NO5.Y/c1-8-16-11(3)10(2)12(4)20(25-16)26-19-13(5)18(21-15(7)23)14(6)24-17(19)9-22;/h10-14,16-20,22H,8-9H2,1-7H3,(H,21,23);/t10-,11+,12?,13?,14-,16?,17-,18?,19-,20-;/m0./s1. The van der Waals surface area contributed by atoms with Gasteiger partial charge in [0.15, 0.2) is 6.29 Å². The van der Waals surface area contributed by atoms with Gasteiger partial charge in [0.05, 0.1) is 31.0 Å². The molecule has 6 nitrogen and oxygen atoms in total. The van der Waals surface area contributed by atoms with Gasteiger partial charge in [-0.25, -0.2) is 0 Å². The molecule has 2 aliphatic rings. The van der Waals surface area contributed by atoms with E-state index in [1.165, 1.54) is 6.92 Å². The molecule has 0 aromatic rings. The number of carbonyl (C=O) groups is 1. The summed E-state index contributed by atoms with van der Waals surface area (Å²) in [5.41, 5.74) is 0. The van der Waals surface area contributed by atoms with Gasteiger partial charge < -0.3 is 24.6 Å². The zero-order valence-corrected chi connectivity index (χ0v) is 20.7. The van der Waals surface area contributed by atoms with Crippen molar-refractivity contribution in [2.24, 2.45) is 23.7 Å². The van der Waals surface area contributed by atoms with Crippen molar-refractivity contribution in [2.75, 3.05) is 6.61 Å². The SMILES string of the molecule is CCC1O[C@@H](O[C@H]2C(C)C(NC(C)=O)[C@H](C)O[C@H]2CO)C(C)[C@@H](C)[C@H]1C.[Y]. The Balaban J connectivity index is 0.00000364. The van der Waals surface area contributed by atoms with Crippen molar-refractivity contribution < 1.29 is 56.8 Å². The summed E-state index contributed by atoms with van der Waals surface area (Å²) in [6.45, 7) is 14.2. The van der Waals surface area contributed by atoms with Crippen LogP contribution in [0, 0.1) is 23.7 Å². The molecule has 2 heterocycles. The molecule has 27 heavy (non-hydrogen) atoms. The first-order valence-electron chi connectivity index (χ1n) is 10.1. The number of hydrogen-bond acceptors (Lipinski definition) is 5. The quantitative estimate of drug-likeness (QED) is 0.659. The Bertz CT molecular complexity index is 477. The van der Waals surface area contributed by atoms with Crippen LogP contribution >= 0.6 is 0 Å². The van der Waals surface area contributed by atoms with Crippen LogP contribution in [0.3, 0.4) is 0 Å². The van der Waals surface area contributed by atoms with Gasteiger partial charge in [-0.1, -0.05) is 34.6 Å². The number of ether oxygens (including phenoxy) is 3. The van der Waals surface area contributed by atoms with Crippen LogP contribution in [0.15, 0.2) is 0 Å². The van der Waals surface area contributed by atoms with Crippen LogP contribution in [-0.4, -0.2) is 54.4 Å². The molecule has 0 bridgehead atoms. The molecule has 2 N–H and O–H groups in total. The Morgan fingerprint density at radius 1 is 1.00 bits per heavy atom. The first kappa shape index (κ1) is 25.5. The molecule has 10 atom stereocenters. The van der Waals surface area contributed by atoms with Gasteiger partial charge in [0.2, 0.25) is 5.91 Å². The molecule has 0 saturated carbocycles. The molecule has 2 saturated heterocycles. The molecular formula is C20H37NO5Y. The molecule has 0 spiro atoms. The smallest absolute Gasteiger partial charge is 0.217 e. The van der Waals surface area contributed by atoms with Crippen molar-refractivity contribution in [1.29, 1.82) is 0 Å². The summed E-state index contributed by atoms with van der Waals surface area (Å²) in [6, 6.07) is -0.155. The predicted octanol–water partition coefficient (Wildman–Crippen LogP) is 2.33. The van der Waals surface area contributed by atoms with E-state index in [1.54, 1.807) is 0 Å². The van der Waals surface area contributed by atoms with Crippen molar-refractivity contribution in [2.45, 2.75) is 91.6 Å². The fraction of sp³-hybridized carbons (Fsp3) is 0.950. The summed E-state index contributed by atoms with van der Waals surface area (Å²) < 4.78 is 18.6. The third kappa shape index (κ3) is 5.73. The Kier molecular flexibility index (Phi) is 10.4. The number of amides is 1. The maximum Gasteiger partial charge on any atom is 0.217 e. The zero-order valence-electron chi connectivity index (χ0n) is 17.8. The minimum Gasteiger partial charge on any atom is -0.394 e. The fourth-order valence-corrected chi connectivity index (χ4v) is 4.51. The monoisotopic (exact) mass is 460 g/mol. The van der Waals surface area contributed by atoms with E-state index in [0.717, 1.165) is 6.42 Å². The number of carbonyl (C=O) groups excluding carboxylic acids is 1. The summed E-state index contributed by atoms with van der Waals surface area (Å²) >= 11 is 0.